The van der Waals surface area contributed by atoms with E-state index in [2.05, 4.69) is 10.6 Å². The molecule has 0 aliphatic rings. The Labute approximate surface area is 129 Å². The van der Waals surface area contributed by atoms with E-state index in [9.17, 15) is 9.59 Å². The Morgan fingerprint density at radius 3 is 2.38 bits per heavy atom. The lowest BCUT2D eigenvalue weighted by Gasteiger charge is -2.16. The monoisotopic (exact) mass is 310 g/mol. The van der Waals surface area contributed by atoms with Crippen LogP contribution in [0.5, 0.6) is 0 Å². The zero-order valence-electron chi connectivity index (χ0n) is 12.9. The summed E-state index contributed by atoms with van der Waals surface area (Å²) in [5, 5.41) is 5.40. The Balaban J connectivity index is 2.66. The molecule has 21 heavy (non-hydrogen) atoms. The van der Waals surface area contributed by atoms with Gasteiger partial charge in [0.1, 0.15) is 6.04 Å². The largest absolute Gasteiger partial charge is 0.467 e. The molecule has 5 nitrogen and oxygen atoms in total. The molecule has 0 aliphatic carbocycles. The van der Waals surface area contributed by atoms with Gasteiger partial charge in [-0.25, -0.2) is 9.59 Å². The highest BCUT2D eigenvalue weighted by Gasteiger charge is 2.20. The number of methoxy groups -OCH3 is 1. The fourth-order valence-corrected chi connectivity index (χ4v) is 2.47. The number of hydrogen-bond donors (Lipinski definition) is 2. The SMILES string of the molecule is COC(=O)C(CCSC)NC(=O)Nc1cc(C)cc(C)c1. The van der Waals surface area contributed by atoms with E-state index < -0.39 is 18.0 Å². The minimum absolute atomic E-state index is 0.406. The quantitative estimate of drug-likeness (QED) is 0.793. The lowest BCUT2D eigenvalue weighted by Crippen LogP contribution is -2.44. The van der Waals surface area contributed by atoms with Gasteiger partial charge in [-0.05, 0) is 55.5 Å². The highest BCUT2D eigenvalue weighted by atomic mass is 32.2. The van der Waals surface area contributed by atoms with Gasteiger partial charge in [-0.3, -0.25) is 0 Å². The summed E-state index contributed by atoms with van der Waals surface area (Å²) in [6, 6.07) is 4.74. The average Bonchev–Trinajstić information content (AvgIpc) is 2.41. The van der Waals surface area contributed by atoms with E-state index in [-0.39, 0.29) is 0 Å². The molecule has 0 aromatic heterocycles. The van der Waals surface area contributed by atoms with Gasteiger partial charge in [0.25, 0.3) is 0 Å². The molecule has 1 aromatic carbocycles. The van der Waals surface area contributed by atoms with Crippen molar-refractivity contribution in [2.75, 3.05) is 24.4 Å². The Morgan fingerprint density at radius 2 is 1.86 bits per heavy atom. The molecule has 1 atom stereocenters. The number of hydrogen-bond acceptors (Lipinski definition) is 4. The van der Waals surface area contributed by atoms with Gasteiger partial charge in [-0.1, -0.05) is 6.07 Å². The second kappa shape index (κ2) is 8.56. The Kier molecular flexibility index (Phi) is 7.08. The number of urea groups is 1. The van der Waals surface area contributed by atoms with E-state index in [0.29, 0.717) is 12.1 Å². The minimum Gasteiger partial charge on any atom is -0.467 e. The number of carbonyl (C=O) groups is 2. The third kappa shape index (κ3) is 6.08. The van der Waals surface area contributed by atoms with Crippen molar-refractivity contribution < 1.29 is 14.3 Å². The Morgan fingerprint density at radius 1 is 1.24 bits per heavy atom. The van der Waals surface area contributed by atoms with Crippen molar-refractivity contribution >= 4 is 29.4 Å². The van der Waals surface area contributed by atoms with Crippen LogP contribution in [-0.4, -0.2) is 37.2 Å². The Hall–Kier alpha value is -1.69. The summed E-state index contributed by atoms with van der Waals surface area (Å²) in [5.74, 6) is 0.337. The zero-order chi connectivity index (χ0) is 15.8. The fraction of sp³-hybridized carbons (Fsp3) is 0.467. The molecular weight excluding hydrogens is 288 g/mol. The van der Waals surface area contributed by atoms with Crippen LogP contribution in [0, 0.1) is 13.8 Å². The van der Waals surface area contributed by atoms with Crippen molar-refractivity contribution in [2.45, 2.75) is 26.3 Å². The van der Waals surface area contributed by atoms with Crippen molar-refractivity contribution in [1.29, 1.82) is 0 Å². The first-order valence-corrected chi connectivity index (χ1v) is 8.08. The van der Waals surface area contributed by atoms with Gasteiger partial charge in [-0.2, -0.15) is 11.8 Å². The molecule has 1 aromatic rings. The number of aryl methyl sites for hydroxylation is 2. The molecule has 2 amide bonds. The molecule has 0 radical (unpaired) electrons. The molecule has 2 N–H and O–H groups in total. The lowest BCUT2D eigenvalue weighted by molar-refractivity contribution is -0.142. The van der Waals surface area contributed by atoms with E-state index in [1.807, 2.05) is 38.3 Å². The molecule has 0 fully saturated rings. The molecule has 0 heterocycles. The molecule has 0 saturated carbocycles. The molecule has 116 valence electrons. The van der Waals surface area contributed by atoms with Crippen LogP contribution in [-0.2, 0) is 9.53 Å². The van der Waals surface area contributed by atoms with Gasteiger partial charge >= 0.3 is 12.0 Å². The van der Waals surface area contributed by atoms with E-state index in [1.165, 1.54) is 7.11 Å². The number of rotatable bonds is 6. The summed E-state index contributed by atoms with van der Waals surface area (Å²) in [5.41, 5.74) is 2.84. The van der Waals surface area contributed by atoms with Crippen molar-refractivity contribution in [3.8, 4) is 0 Å². The van der Waals surface area contributed by atoms with E-state index in [4.69, 9.17) is 4.74 Å². The van der Waals surface area contributed by atoms with Crippen LogP contribution in [0.1, 0.15) is 17.5 Å². The maximum absolute atomic E-state index is 12.0. The van der Waals surface area contributed by atoms with Gasteiger partial charge in [0.15, 0.2) is 0 Å². The lowest BCUT2D eigenvalue weighted by atomic mass is 10.1. The number of carbonyl (C=O) groups excluding carboxylic acids is 2. The molecule has 0 aliphatic heterocycles. The normalized spacial score (nSPS) is 11.6. The second-order valence-corrected chi connectivity index (χ2v) is 5.82. The third-order valence-corrected chi connectivity index (χ3v) is 3.53. The van der Waals surface area contributed by atoms with Crippen molar-refractivity contribution in [3.63, 3.8) is 0 Å². The number of amides is 2. The number of anilines is 1. The van der Waals surface area contributed by atoms with Crippen molar-refractivity contribution in [2.24, 2.45) is 0 Å². The number of benzene rings is 1. The molecule has 1 rings (SSSR count). The Bertz CT molecular complexity index is 485. The maximum Gasteiger partial charge on any atom is 0.328 e. The van der Waals surface area contributed by atoms with Crippen LogP contribution in [0.3, 0.4) is 0 Å². The van der Waals surface area contributed by atoms with Gasteiger partial charge in [-0.15, -0.1) is 0 Å². The van der Waals surface area contributed by atoms with Crippen LogP contribution in [0.2, 0.25) is 0 Å². The van der Waals surface area contributed by atoms with Crippen molar-refractivity contribution in [3.05, 3.63) is 29.3 Å². The summed E-state index contributed by atoms with van der Waals surface area (Å²) in [6.07, 6.45) is 2.48. The molecule has 0 bridgehead atoms. The number of nitrogens with one attached hydrogen (secondary N) is 2. The first-order chi connectivity index (χ1) is 9.96. The van der Waals surface area contributed by atoms with Gasteiger partial charge in [0.05, 0.1) is 7.11 Å². The minimum atomic E-state index is -0.631. The highest BCUT2D eigenvalue weighted by molar-refractivity contribution is 7.98. The fourth-order valence-electron chi connectivity index (χ4n) is 2.00. The average molecular weight is 310 g/mol. The summed E-state index contributed by atoms with van der Waals surface area (Å²) in [7, 11) is 1.32. The number of ether oxygens (including phenoxy) is 1. The summed E-state index contributed by atoms with van der Waals surface area (Å²) >= 11 is 1.61. The number of esters is 1. The zero-order valence-corrected chi connectivity index (χ0v) is 13.7. The third-order valence-electron chi connectivity index (χ3n) is 2.88. The second-order valence-electron chi connectivity index (χ2n) is 4.83. The molecule has 1 unspecified atom stereocenters. The van der Waals surface area contributed by atoms with Crippen LogP contribution < -0.4 is 10.6 Å². The van der Waals surface area contributed by atoms with Crippen LogP contribution in [0.25, 0.3) is 0 Å². The molecule has 6 heteroatoms. The highest BCUT2D eigenvalue weighted by Crippen LogP contribution is 2.13. The van der Waals surface area contributed by atoms with E-state index >= 15 is 0 Å². The van der Waals surface area contributed by atoms with E-state index in [1.54, 1.807) is 11.8 Å². The predicted octanol–water partition coefficient (Wildman–Crippen LogP) is 2.72. The van der Waals surface area contributed by atoms with Gasteiger partial charge in [0.2, 0.25) is 0 Å². The first-order valence-electron chi connectivity index (χ1n) is 6.69. The standard InChI is InChI=1S/C15H22N2O3S/c1-10-7-11(2)9-12(8-10)16-15(19)17-13(5-6-21-4)14(18)20-3/h7-9,13H,5-6H2,1-4H3,(H2,16,17,19). The first kappa shape index (κ1) is 17.4. The molecule has 0 spiro atoms. The number of thioether (sulfide) groups is 1. The van der Waals surface area contributed by atoms with Crippen molar-refractivity contribution in [1.82, 2.24) is 5.32 Å². The van der Waals surface area contributed by atoms with Crippen LogP contribution >= 0.6 is 11.8 Å². The topological polar surface area (TPSA) is 67.4 Å². The smallest absolute Gasteiger partial charge is 0.328 e. The molecular formula is C15H22N2O3S. The molecule has 0 saturated heterocycles. The van der Waals surface area contributed by atoms with Gasteiger partial charge in [0, 0.05) is 5.69 Å². The van der Waals surface area contributed by atoms with Crippen LogP contribution in [0.4, 0.5) is 10.5 Å². The van der Waals surface area contributed by atoms with E-state index in [0.717, 1.165) is 16.9 Å². The summed E-state index contributed by atoms with van der Waals surface area (Å²) in [4.78, 5) is 23.6. The predicted molar refractivity (Wildman–Crippen MR) is 86.9 cm³/mol. The van der Waals surface area contributed by atoms with Gasteiger partial charge < -0.3 is 15.4 Å². The summed E-state index contributed by atoms with van der Waals surface area (Å²) in [6.45, 7) is 3.93. The maximum atomic E-state index is 12.0. The van der Waals surface area contributed by atoms with Crippen LogP contribution in [0.15, 0.2) is 18.2 Å². The summed E-state index contributed by atoms with van der Waals surface area (Å²) < 4.78 is 4.71.